The maximum atomic E-state index is 12.9. The lowest BCUT2D eigenvalue weighted by Gasteiger charge is -2.33. The quantitative estimate of drug-likeness (QED) is 0.545. The summed E-state index contributed by atoms with van der Waals surface area (Å²) in [5.41, 5.74) is 3.10. The van der Waals surface area contributed by atoms with E-state index < -0.39 is 6.10 Å². The summed E-state index contributed by atoms with van der Waals surface area (Å²) in [5.74, 6) is 0.170. The Morgan fingerprint density at radius 3 is 2.88 bits per heavy atom. The van der Waals surface area contributed by atoms with Crippen LogP contribution < -0.4 is 15.0 Å². The molecule has 32 heavy (non-hydrogen) atoms. The monoisotopic (exact) mass is 450 g/mol. The van der Waals surface area contributed by atoms with E-state index in [0.717, 1.165) is 39.7 Å². The number of nitrogens with one attached hydrogen (secondary N) is 1. The minimum absolute atomic E-state index is 0.0397. The smallest absolute Gasteiger partial charge is 0.268 e. The number of hydrogen-bond donors (Lipinski definition) is 1. The van der Waals surface area contributed by atoms with Gasteiger partial charge in [0.05, 0.1) is 17.1 Å². The largest absolute Gasteiger partial charge is 0.479 e. The number of aryl methyl sites for hydroxylation is 1. The van der Waals surface area contributed by atoms with Crippen molar-refractivity contribution in [1.82, 2.24) is 15.3 Å². The normalized spacial score (nSPS) is 15.3. The van der Waals surface area contributed by atoms with Crippen molar-refractivity contribution in [3.8, 4) is 27.7 Å². The third-order valence-electron chi connectivity index (χ3n) is 5.28. The van der Waals surface area contributed by atoms with Gasteiger partial charge in [0.1, 0.15) is 17.3 Å². The number of pyridine rings is 1. The van der Waals surface area contributed by atoms with Gasteiger partial charge >= 0.3 is 0 Å². The fraction of sp³-hybridized carbons (Fsp3) is 0.333. The Balaban J connectivity index is 1.65. The average Bonchev–Trinajstić information content (AvgIpc) is 3.19. The summed E-state index contributed by atoms with van der Waals surface area (Å²) in [6.07, 6.45) is 3.00. The van der Waals surface area contributed by atoms with Crippen LogP contribution in [0.3, 0.4) is 0 Å². The van der Waals surface area contributed by atoms with Gasteiger partial charge in [0, 0.05) is 23.2 Å². The first-order valence-corrected chi connectivity index (χ1v) is 11.6. The summed E-state index contributed by atoms with van der Waals surface area (Å²) in [4.78, 5) is 37.1. The molecule has 1 N–H and O–H groups in total. The summed E-state index contributed by atoms with van der Waals surface area (Å²) in [7, 11) is 0. The zero-order chi connectivity index (χ0) is 22.7. The molecule has 0 bridgehead atoms. The Bertz CT molecular complexity index is 1130. The summed E-state index contributed by atoms with van der Waals surface area (Å²) in [6, 6.07) is 11.4. The third-order valence-corrected chi connectivity index (χ3v) is 6.27. The van der Waals surface area contributed by atoms with Crippen molar-refractivity contribution in [1.29, 1.82) is 0 Å². The molecule has 4 rings (SSSR count). The van der Waals surface area contributed by atoms with Gasteiger partial charge in [-0.25, -0.2) is 4.98 Å². The van der Waals surface area contributed by atoms with Crippen LogP contribution >= 0.6 is 11.3 Å². The fourth-order valence-corrected chi connectivity index (χ4v) is 4.50. The van der Waals surface area contributed by atoms with Crippen LogP contribution in [0.25, 0.3) is 22.0 Å². The van der Waals surface area contributed by atoms with E-state index in [1.165, 1.54) is 4.90 Å². The number of fused-ring (bicyclic) bond motifs is 1. The van der Waals surface area contributed by atoms with E-state index in [9.17, 15) is 9.59 Å². The molecule has 1 aliphatic rings. The molecule has 1 aromatic carbocycles. The summed E-state index contributed by atoms with van der Waals surface area (Å²) < 4.78 is 5.80. The zero-order valence-corrected chi connectivity index (χ0v) is 19.2. The number of amides is 2. The van der Waals surface area contributed by atoms with Crippen molar-refractivity contribution in [2.24, 2.45) is 0 Å². The lowest BCUT2D eigenvalue weighted by molar-refractivity contribution is -0.128. The number of ether oxygens (including phenoxy) is 1. The van der Waals surface area contributed by atoms with E-state index >= 15 is 0 Å². The van der Waals surface area contributed by atoms with Gasteiger partial charge in [-0.3, -0.25) is 19.5 Å². The molecule has 1 atom stereocenters. The van der Waals surface area contributed by atoms with Crippen molar-refractivity contribution >= 4 is 28.8 Å². The molecule has 1 unspecified atom stereocenters. The highest BCUT2D eigenvalue weighted by Crippen LogP contribution is 2.39. The second-order valence-electron chi connectivity index (χ2n) is 7.71. The number of nitrogens with zero attached hydrogens (tertiary/aromatic N) is 3. The second kappa shape index (κ2) is 9.48. The number of benzene rings is 1. The van der Waals surface area contributed by atoms with Crippen molar-refractivity contribution in [2.75, 3.05) is 18.0 Å². The lowest BCUT2D eigenvalue weighted by Crippen LogP contribution is -2.48. The van der Waals surface area contributed by atoms with Crippen molar-refractivity contribution < 1.29 is 14.3 Å². The molecule has 0 fully saturated rings. The molecular weight excluding hydrogens is 424 g/mol. The Labute approximate surface area is 191 Å². The number of carbonyl (C=O) groups excluding carboxylic acids is 2. The Morgan fingerprint density at radius 1 is 1.28 bits per heavy atom. The third kappa shape index (κ3) is 4.50. The predicted molar refractivity (Wildman–Crippen MR) is 126 cm³/mol. The van der Waals surface area contributed by atoms with Crippen LogP contribution in [0.1, 0.15) is 31.6 Å². The lowest BCUT2D eigenvalue weighted by atomic mass is 10.1. The molecule has 0 spiro atoms. The molecule has 2 aromatic heterocycles. The number of rotatable bonds is 7. The molecule has 3 aromatic rings. The highest BCUT2D eigenvalue weighted by atomic mass is 32.1. The van der Waals surface area contributed by atoms with E-state index in [1.807, 2.05) is 43.3 Å². The minimum atomic E-state index is -0.645. The minimum Gasteiger partial charge on any atom is -0.479 e. The van der Waals surface area contributed by atoms with E-state index in [4.69, 9.17) is 9.72 Å². The molecule has 2 amide bonds. The topological polar surface area (TPSA) is 84.4 Å². The van der Waals surface area contributed by atoms with E-state index in [2.05, 4.69) is 17.2 Å². The first kappa shape index (κ1) is 22.0. The second-order valence-corrected chi connectivity index (χ2v) is 8.91. The first-order valence-electron chi connectivity index (χ1n) is 10.8. The van der Waals surface area contributed by atoms with Gasteiger partial charge in [0.2, 0.25) is 5.91 Å². The highest BCUT2D eigenvalue weighted by Gasteiger charge is 2.33. The van der Waals surface area contributed by atoms with Crippen molar-refractivity contribution in [2.45, 2.75) is 39.7 Å². The highest BCUT2D eigenvalue weighted by molar-refractivity contribution is 7.15. The Hall–Kier alpha value is -3.26. The molecule has 0 radical (unpaired) electrons. The SMILES string of the molecule is CCCCNC(=O)CN1C(=O)C(C)Oc2ccc(-c3nc(-c4ccccn4)sc3C)cc21. The van der Waals surface area contributed by atoms with Crippen molar-refractivity contribution in [3.63, 3.8) is 0 Å². The Kier molecular flexibility index (Phi) is 6.50. The van der Waals surface area contributed by atoms with Crippen LogP contribution in [0.4, 0.5) is 5.69 Å². The fourth-order valence-electron chi connectivity index (χ4n) is 3.58. The van der Waals surface area contributed by atoms with Crippen LogP contribution in [0.15, 0.2) is 42.6 Å². The van der Waals surface area contributed by atoms with Gasteiger partial charge in [-0.2, -0.15) is 0 Å². The molecule has 1 aliphatic heterocycles. The maximum Gasteiger partial charge on any atom is 0.268 e. The van der Waals surface area contributed by atoms with Gasteiger partial charge in [-0.1, -0.05) is 19.4 Å². The zero-order valence-electron chi connectivity index (χ0n) is 18.4. The van der Waals surface area contributed by atoms with E-state index in [0.29, 0.717) is 18.0 Å². The number of hydrogen-bond acceptors (Lipinski definition) is 6. The molecule has 3 heterocycles. The molecule has 166 valence electrons. The molecule has 8 heteroatoms. The number of aromatic nitrogens is 2. The van der Waals surface area contributed by atoms with Crippen LogP contribution in [-0.4, -0.2) is 41.0 Å². The Morgan fingerprint density at radius 2 is 2.12 bits per heavy atom. The van der Waals surface area contributed by atoms with Crippen LogP contribution in [0.5, 0.6) is 5.75 Å². The average molecular weight is 451 g/mol. The van der Waals surface area contributed by atoms with Crippen LogP contribution in [-0.2, 0) is 9.59 Å². The number of unbranched alkanes of at least 4 members (excludes halogenated alkanes) is 1. The first-order chi connectivity index (χ1) is 15.5. The van der Waals surface area contributed by atoms with Gasteiger partial charge in [-0.05, 0) is 50.6 Å². The molecule has 0 saturated heterocycles. The summed E-state index contributed by atoms with van der Waals surface area (Å²) >= 11 is 1.57. The molecule has 7 nitrogen and oxygen atoms in total. The summed E-state index contributed by atoms with van der Waals surface area (Å²) in [6.45, 7) is 6.34. The summed E-state index contributed by atoms with van der Waals surface area (Å²) in [5, 5.41) is 3.72. The van der Waals surface area contributed by atoms with Gasteiger partial charge in [0.15, 0.2) is 6.10 Å². The molecular formula is C24H26N4O3S. The van der Waals surface area contributed by atoms with Gasteiger partial charge in [0.25, 0.3) is 5.91 Å². The van der Waals surface area contributed by atoms with Crippen LogP contribution in [0, 0.1) is 6.92 Å². The van der Waals surface area contributed by atoms with E-state index in [-0.39, 0.29) is 18.4 Å². The maximum absolute atomic E-state index is 12.9. The standard InChI is InChI=1S/C24H26N4O3S/c1-4-5-11-26-21(29)14-28-19-13-17(9-10-20(19)31-15(2)24(28)30)22-16(3)32-23(27-22)18-8-6-7-12-25-18/h6-10,12-13,15H,4-5,11,14H2,1-3H3,(H,26,29). The number of thiazole rings is 1. The molecule has 0 saturated carbocycles. The molecule has 0 aliphatic carbocycles. The van der Waals surface area contributed by atoms with Crippen LogP contribution in [0.2, 0.25) is 0 Å². The number of anilines is 1. The van der Waals surface area contributed by atoms with Crippen molar-refractivity contribution in [3.05, 3.63) is 47.5 Å². The van der Waals surface area contributed by atoms with Gasteiger partial charge < -0.3 is 10.1 Å². The van der Waals surface area contributed by atoms with Gasteiger partial charge in [-0.15, -0.1) is 11.3 Å². The number of carbonyl (C=O) groups is 2. The predicted octanol–water partition coefficient (Wildman–Crippen LogP) is 4.21. The van der Waals surface area contributed by atoms with E-state index in [1.54, 1.807) is 24.5 Å².